The molecule has 0 atom stereocenters. The normalized spacial score (nSPS) is 10.7. The number of benzene rings is 2. The van der Waals surface area contributed by atoms with Gasteiger partial charge in [-0.2, -0.15) is 0 Å². The summed E-state index contributed by atoms with van der Waals surface area (Å²) >= 11 is 1.16. The van der Waals surface area contributed by atoms with Crippen molar-refractivity contribution in [3.8, 4) is 0 Å². The van der Waals surface area contributed by atoms with E-state index in [-0.39, 0.29) is 17.3 Å². The molecule has 0 saturated heterocycles. The third kappa shape index (κ3) is 3.52. The van der Waals surface area contributed by atoms with Crippen LogP contribution in [-0.2, 0) is 12.3 Å². The first-order chi connectivity index (χ1) is 9.10. The summed E-state index contributed by atoms with van der Waals surface area (Å²) in [6, 6.07) is 7.89. The van der Waals surface area contributed by atoms with Crippen molar-refractivity contribution in [3.05, 3.63) is 65.0 Å². The molecule has 0 amide bonds. The highest BCUT2D eigenvalue weighted by Gasteiger charge is 2.06. The molecule has 1 nitrogen and oxygen atoms in total. The molecule has 0 heterocycles. The fourth-order valence-corrected chi connectivity index (χ4v) is 2.53. The summed E-state index contributed by atoms with van der Waals surface area (Å²) in [4.78, 5) is 0.235. The lowest BCUT2D eigenvalue weighted by Crippen LogP contribution is -2.00. The minimum atomic E-state index is -0.481. The highest BCUT2D eigenvalue weighted by atomic mass is 32.2. The summed E-state index contributed by atoms with van der Waals surface area (Å²) in [5.74, 6) is -0.875. The summed E-state index contributed by atoms with van der Waals surface area (Å²) in [5, 5.41) is 0. The Balaban J connectivity index is 2.12. The van der Waals surface area contributed by atoms with Crippen LogP contribution in [0.3, 0.4) is 0 Å². The van der Waals surface area contributed by atoms with Crippen LogP contribution in [0.15, 0.2) is 41.3 Å². The monoisotopic (exact) mass is 283 g/mol. The van der Waals surface area contributed by atoms with Gasteiger partial charge >= 0.3 is 0 Å². The largest absolute Gasteiger partial charge is 0.326 e. The third-order valence-corrected chi connectivity index (χ3v) is 3.72. The van der Waals surface area contributed by atoms with Gasteiger partial charge in [0.25, 0.3) is 0 Å². The second-order valence-corrected chi connectivity index (χ2v) is 5.01. The van der Waals surface area contributed by atoms with Crippen LogP contribution in [0, 0.1) is 17.5 Å². The van der Waals surface area contributed by atoms with Gasteiger partial charge in [0, 0.05) is 22.8 Å². The summed E-state index contributed by atoms with van der Waals surface area (Å²) in [7, 11) is 0. The van der Waals surface area contributed by atoms with Crippen LogP contribution in [0.4, 0.5) is 13.2 Å². The maximum Gasteiger partial charge on any atom is 0.136 e. The van der Waals surface area contributed by atoms with E-state index in [0.29, 0.717) is 11.3 Å². The molecule has 0 aliphatic rings. The molecule has 2 aromatic carbocycles. The van der Waals surface area contributed by atoms with Gasteiger partial charge in [0.15, 0.2) is 0 Å². The third-order valence-electron chi connectivity index (χ3n) is 2.62. The maximum atomic E-state index is 13.4. The number of nitrogens with two attached hydrogens (primary N) is 1. The second-order valence-electron chi connectivity index (χ2n) is 3.99. The predicted molar refractivity (Wildman–Crippen MR) is 70.2 cm³/mol. The van der Waals surface area contributed by atoms with Gasteiger partial charge < -0.3 is 5.73 Å². The number of halogens is 3. The molecule has 2 N–H and O–H groups in total. The molecule has 2 aromatic rings. The van der Waals surface area contributed by atoms with Crippen molar-refractivity contribution in [1.29, 1.82) is 0 Å². The van der Waals surface area contributed by atoms with Gasteiger partial charge in [0.05, 0.1) is 0 Å². The van der Waals surface area contributed by atoms with Crippen molar-refractivity contribution in [2.45, 2.75) is 17.2 Å². The molecule has 0 spiro atoms. The molecule has 0 fully saturated rings. The molecule has 19 heavy (non-hydrogen) atoms. The van der Waals surface area contributed by atoms with Gasteiger partial charge in [0.1, 0.15) is 17.5 Å². The molecule has 2 rings (SSSR count). The van der Waals surface area contributed by atoms with Crippen LogP contribution >= 0.6 is 11.8 Å². The summed E-state index contributed by atoms with van der Waals surface area (Å²) in [6.07, 6.45) is 0. The van der Waals surface area contributed by atoms with E-state index in [4.69, 9.17) is 5.73 Å². The molecule has 5 heteroatoms. The minimum Gasteiger partial charge on any atom is -0.326 e. The average molecular weight is 283 g/mol. The van der Waals surface area contributed by atoms with Crippen molar-refractivity contribution in [2.75, 3.05) is 0 Å². The van der Waals surface area contributed by atoms with E-state index in [2.05, 4.69) is 0 Å². The van der Waals surface area contributed by atoms with E-state index in [0.717, 1.165) is 35.5 Å². The van der Waals surface area contributed by atoms with Gasteiger partial charge in [-0.15, -0.1) is 11.8 Å². The highest BCUT2D eigenvalue weighted by molar-refractivity contribution is 7.98. The van der Waals surface area contributed by atoms with Gasteiger partial charge in [-0.25, -0.2) is 13.2 Å². The first kappa shape index (κ1) is 14.0. The fraction of sp³-hybridized carbons (Fsp3) is 0.143. The van der Waals surface area contributed by atoms with Gasteiger partial charge in [-0.3, -0.25) is 0 Å². The van der Waals surface area contributed by atoms with Crippen molar-refractivity contribution < 1.29 is 13.2 Å². The van der Waals surface area contributed by atoms with Crippen LogP contribution < -0.4 is 5.73 Å². The van der Waals surface area contributed by atoms with E-state index < -0.39 is 11.6 Å². The van der Waals surface area contributed by atoms with Crippen molar-refractivity contribution >= 4 is 11.8 Å². The molecule has 0 aliphatic heterocycles. The van der Waals surface area contributed by atoms with Crippen LogP contribution in [-0.4, -0.2) is 0 Å². The maximum absolute atomic E-state index is 13.4. The Morgan fingerprint density at radius 3 is 2.42 bits per heavy atom. The zero-order valence-electron chi connectivity index (χ0n) is 10.00. The van der Waals surface area contributed by atoms with Crippen LogP contribution in [0.5, 0.6) is 0 Å². The second kappa shape index (κ2) is 6.12. The Labute approximate surface area is 113 Å². The van der Waals surface area contributed by atoms with Crippen LogP contribution in [0.25, 0.3) is 0 Å². The molecule has 0 saturated carbocycles. The summed E-state index contributed by atoms with van der Waals surface area (Å²) in [6.45, 7) is 0.110. The Morgan fingerprint density at radius 2 is 1.68 bits per heavy atom. The molecule has 0 bridgehead atoms. The molecule has 0 radical (unpaired) electrons. The lowest BCUT2D eigenvalue weighted by molar-refractivity contribution is 0.577. The number of hydrogen-bond acceptors (Lipinski definition) is 2. The van der Waals surface area contributed by atoms with Crippen LogP contribution in [0.1, 0.15) is 11.1 Å². The average Bonchev–Trinajstić information content (AvgIpc) is 2.41. The first-order valence-electron chi connectivity index (χ1n) is 5.65. The van der Waals surface area contributed by atoms with E-state index in [1.165, 1.54) is 6.07 Å². The molecule has 100 valence electrons. The van der Waals surface area contributed by atoms with Crippen molar-refractivity contribution in [1.82, 2.24) is 0 Å². The van der Waals surface area contributed by atoms with E-state index in [1.807, 2.05) is 0 Å². The first-order valence-corrected chi connectivity index (χ1v) is 6.64. The quantitative estimate of drug-likeness (QED) is 0.862. The van der Waals surface area contributed by atoms with E-state index in [9.17, 15) is 13.2 Å². The smallest absolute Gasteiger partial charge is 0.136 e. The zero-order valence-corrected chi connectivity index (χ0v) is 10.8. The lowest BCUT2D eigenvalue weighted by Gasteiger charge is -2.06. The summed E-state index contributed by atoms with van der Waals surface area (Å²) in [5.41, 5.74) is 6.64. The minimum absolute atomic E-state index is 0.110. The predicted octanol–water partition coefficient (Wildman–Crippen LogP) is 3.85. The summed E-state index contributed by atoms with van der Waals surface area (Å²) < 4.78 is 39.7. The van der Waals surface area contributed by atoms with Gasteiger partial charge in [-0.05, 0) is 29.8 Å². The van der Waals surface area contributed by atoms with E-state index in [1.54, 1.807) is 12.1 Å². The molecule has 0 unspecified atom stereocenters. The highest BCUT2D eigenvalue weighted by Crippen LogP contribution is 2.26. The Morgan fingerprint density at radius 1 is 0.947 bits per heavy atom. The Kier molecular flexibility index (Phi) is 4.50. The zero-order chi connectivity index (χ0) is 13.8. The molecular formula is C14H12F3NS. The lowest BCUT2D eigenvalue weighted by atomic mass is 10.1. The number of thioether (sulfide) groups is 1. The molecule has 0 aromatic heterocycles. The van der Waals surface area contributed by atoms with Crippen LogP contribution in [0.2, 0.25) is 0 Å². The number of hydrogen-bond donors (Lipinski definition) is 1. The van der Waals surface area contributed by atoms with E-state index >= 15 is 0 Å². The van der Waals surface area contributed by atoms with Crippen molar-refractivity contribution in [3.63, 3.8) is 0 Å². The Bertz CT molecular complexity index is 587. The fourth-order valence-electron chi connectivity index (χ4n) is 1.62. The molecule has 0 aliphatic carbocycles. The van der Waals surface area contributed by atoms with Gasteiger partial charge in [-0.1, -0.05) is 12.1 Å². The molecular weight excluding hydrogens is 271 g/mol. The van der Waals surface area contributed by atoms with Gasteiger partial charge in [0.2, 0.25) is 0 Å². The topological polar surface area (TPSA) is 26.0 Å². The standard InChI is InChI=1S/C14H12F3NS/c15-11-2-4-13(17)14(6-11)19-8-9-1-3-12(16)10(5-9)7-18/h1-6H,7-8,18H2. The Hall–Kier alpha value is -1.46. The SMILES string of the molecule is NCc1cc(CSc2cc(F)ccc2F)ccc1F. The number of rotatable bonds is 4. The van der Waals surface area contributed by atoms with Crippen molar-refractivity contribution in [2.24, 2.45) is 5.73 Å².